The molecule has 0 radical (unpaired) electrons. The summed E-state index contributed by atoms with van der Waals surface area (Å²) >= 11 is 0. The first kappa shape index (κ1) is 13.3. The highest BCUT2D eigenvalue weighted by Gasteiger charge is 2.19. The maximum absolute atomic E-state index is 12.7. The molecule has 17 heavy (non-hydrogen) atoms. The Morgan fingerprint density at radius 3 is 2.71 bits per heavy atom. The number of rotatable bonds is 4. The lowest BCUT2D eigenvalue weighted by Crippen LogP contribution is -2.21. The summed E-state index contributed by atoms with van der Waals surface area (Å²) in [6, 6.07) is 1.17. The van der Waals surface area contributed by atoms with Gasteiger partial charge in [-0.1, -0.05) is 0 Å². The summed E-state index contributed by atoms with van der Waals surface area (Å²) in [6.07, 6.45) is -3.23. The Hall–Kier alpha value is -1.72. The van der Waals surface area contributed by atoms with Crippen molar-refractivity contribution in [3.8, 4) is 0 Å². The van der Waals surface area contributed by atoms with Crippen molar-refractivity contribution in [3.63, 3.8) is 0 Å². The number of alkyl halides is 2. The molecule has 0 amide bonds. The van der Waals surface area contributed by atoms with E-state index in [0.29, 0.717) is 5.69 Å². The topological polar surface area (TPSA) is 59.2 Å². The minimum absolute atomic E-state index is 0.145. The van der Waals surface area contributed by atoms with Crippen LogP contribution in [0.25, 0.3) is 0 Å². The molecule has 0 aliphatic heterocycles. The van der Waals surface area contributed by atoms with Crippen LogP contribution in [-0.2, 0) is 16.0 Å². The molecule has 0 saturated carbocycles. The minimum Gasteiger partial charge on any atom is -0.466 e. The first-order valence-corrected chi connectivity index (χ1v) is 5.12. The zero-order valence-corrected chi connectivity index (χ0v) is 9.55. The Balaban J connectivity index is 3.13. The number of esters is 1. The van der Waals surface area contributed by atoms with E-state index in [2.05, 4.69) is 9.72 Å². The third-order valence-corrected chi connectivity index (χ3v) is 2.17. The van der Waals surface area contributed by atoms with Crippen LogP contribution in [0.15, 0.2) is 10.9 Å². The fraction of sp³-hybridized carbons (Fsp3) is 0.455. The van der Waals surface area contributed by atoms with Crippen LogP contribution < -0.4 is 5.56 Å². The molecule has 4 nitrogen and oxygen atoms in total. The van der Waals surface area contributed by atoms with Crippen molar-refractivity contribution in [1.82, 2.24) is 4.98 Å². The summed E-state index contributed by atoms with van der Waals surface area (Å²) in [5.41, 5.74) is -0.991. The van der Waals surface area contributed by atoms with Crippen LogP contribution in [0.3, 0.4) is 0 Å². The van der Waals surface area contributed by atoms with Crippen molar-refractivity contribution >= 4 is 5.97 Å². The fourth-order valence-electron chi connectivity index (χ4n) is 1.48. The third kappa shape index (κ3) is 3.37. The molecule has 0 spiro atoms. The van der Waals surface area contributed by atoms with Gasteiger partial charge in [-0.25, -0.2) is 8.78 Å². The smallest absolute Gasteiger partial charge is 0.310 e. The van der Waals surface area contributed by atoms with Gasteiger partial charge in [-0.05, 0) is 19.9 Å². The SMILES string of the molecule is CCOC(=O)Cc1c(C(F)F)cc(C)[nH]c1=O. The monoisotopic (exact) mass is 245 g/mol. The molecule has 94 valence electrons. The number of aromatic nitrogens is 1. The van der Waals surface area contributed by atoms with Gasteiger partial charge in [0.15, 0.2) is 0 Å². The number of carbonyl (C=O) groups excluding carboxylic acids is 1. The van der Waals surface area contributed by atoms with Crippen molar-refractivity contribution in [3.05, 3.63) is 33.2 Å². The number of hydrogen-bond donors (Lipinski definition) is 1. The average Bonchev–Trinajstić information content (AvgIpc) is 2.21. The van der Waals surface area contributed by atoms with E-state index in [1.54, 1.807) is 6.92 Å². The molecule has 0 aliphatic rings. The first-order valence-electron chi connectivity index (χ1n) is 5.12. The second-order valence-corrected chi connectivity index (χ2v) is 3.50. The van der Waals surface area contributed by atoms with Crippen LogP contribution >= 0.6 is 0 Å². The van der Waals surface area contributed by atoms with Crippen LogP contribution in [-0.4, -0.2) is 17.6 Å². The van der Waals surface area contributed by atoms with E-state index in [4.69, 9.17) is 0 Å². The van der Waals surface area contributed by atoms with E-state index >= 15 is 0 Å². The zero-order valence-electron chi connectivity index (χ0n) is 9.55. The molecule has 6 heteroatoms. The molecule has 1 aromatic heterocycles. The Kier molecular flexibility index (Phi) is 4.37. The molecule has 1 heterocycles. The average molecular weight is 245 g/mol. The molecular formula is C11H13F2NO3. The van der Waals surface area contributed by atoms with Gasteiger partial charge in [0, 0.05) is 16.8 Å². The van der Waals surface area contributed by atoms with Gasteiger partial charge in [-0.2, -0.15) is 0 Å². The fourth-order valence-corrected chi connectivity index (χ4v) is 1.48. The normalized spacial score (nSPS) is 10.6. The van der Waals surface area contributed by atoms with E-state index in [0.717, 1.165) is 0 Å². The van der Waals surface area contributed by atoms with Crippen LogP contribution in [0.2, 0.25) is 0 Å². The van der Waals surface area contributed by atoms with Crippen molar-refractivity contribution in [1.29, 1.82) is 0 Å². The largest absolute Gasteiger partial charge is 0.466 e. The lowest BCUT2D eigenvalue weighted by molar-refractivity contribution is -0.142. The molecule has 0 fully saturated rings. The van der Waals surface area contributed by atoms with Crippen LogP contribution in [0.1, 0.15) is 30.2 Å². The molecule has 1 N–H and O–H groups in total. The molecular weight excluding hydrogens is 232 g/mol. The summed E-state index contributed by atoms with van der Waals surface area (Å²) in [5.74, 6) is -0.691. The summed E-state index contributed by atoms with van der Waals surface area (Å²) in [5, 5.41) is 0. The molecule has 0 bridgehead atoms. The number of halogens is 2. The van der Waals surface area contributed by atoms with Gasteiger partial charge >= 0.3 is 5.97 Å². The third-order valence-electron chi connectivity index (χ3n) is 2.17. The molecule has 0 unspecified atom stereocenters. The predicted molar refractivity (Wildman–Crippen MR) is 57.1 cm³/mol. The van der Waals surface area contributed by atoms with E-state index in [-0.39, 0.29) is 12.2 Å². The summed E-state index contributed by atoms with van der Waals surface area (Å²) in [4.78, 5) is 25.1. The van der Waals surface area contributed by atoms with Gasteiger partial charge < -0.3 is 9.72 Å². The van der Waals surface area contributed by atoms with E-state index < -0.39 is 29.9 Å². The van der Waals surface area contributed by atoms with Gasteiger partial charge in [0.1, 0.15) is 0 Å². The van der Waals surface area contributed by atoms with Crippen LogP contribution in [0, 0.1) is 6.92 Å². The van der Waals surface area contributed by atoms with E-state index in [9.17, 15) is 18.4 Å². The highest BCUT2D eigenvalue weighted by Crippen LogP contribution is 2.21. The van der Waals surface area contributed by atoms with Gasteiger partial charge in [0.25, 0.3) is 12.0 Å². The molecule has 0 saturated heterocycles. The zero-order chi connectivity index (χ0) is 13.0. The van der Waals surface area contributed by atoms with Crippen LogP contribution in [0.5, 0.6) is 0 Å². The Labute approximate surface area is 96.6 Å². The van der Waals surface area contributed by atoms with Gasteiger partial charge in [-0.3, -0.25) is 9.59 Å². The van der Waals surface area contributed by atoms with Gasteiger partial charge in [-0.15, -0.1) is 0 Å². The second kappa shape index (κ2) is 5.56. The van der Waals surface area contributed by atoms with Crippen molar-refractivity contribution in [2.75, 3.05) is 6.61 Å². The van der Waals surface area contributed by atoms with Crippen molar-refractivity contribution in [2.24, 2.45) is 0 Å². The number of carbonyl (C=O) groups is 1. The number of H-pyrrole nitrogens is 1. The first-order chi connectivity index (χ1) is 7.95. The summed E-state index contributed by atoms with van der Waals surface area (Å²) < 4.78 is 30.1. The molecule has 1 rings (SSSR count). The van der Waals surface area contributed by atoms with E-state index in [1.165, 1.54) is 13.0 Å². The number of nitrogens with one attached hydrogen (secondary N) is 1. The Bertz CT molecular complexity index is 468. The molecule has 0 atom stereocenters. The number of hydrogen-bond acceptors (Lipinski definition) is 3. The van der Waals surface area contributed by atoms with Crippen molar-refractivity contribution in [2.45, 2.75) is 26.7 Å². The standard InChI is InChI=1S/C11H13F2NO3/c1-3-17-9(15)5-8-7(10(12)13)4-6(2)14-11(8)16/h4,10H,3,5H2,1-2H3,(H,14,16). The van der Waals surface area contributed by atoms with Crippen molar-refractivity contribution < 1.29 is 18.3 Å². The van der Waals surface area contributed by atoms with Gasteiger partial charge in [0.05, 0.1) is 13.0 Å². The predicted octanol–water partition coefficient (Wildman–Crippen LogP) is 1.73. The highest BCUT2D eigenvalue weighted by molar-refractivity contribution is 5.72. The van der Waals surface area contributed by atoms with Gasteiger partial charge in [0.2, 0.25) is 0 Å². The summed E-state index contributed by atoms with van der Waals surface area (Å²) in [7, 11) is 0. The number of aromatic amines is 1. The minimum atomic E-state index is -2.79. The second-order valence-electron chi connectivity index (χ2n) is 3.50. The maximum Gasteiger partial charge on any atom is 0.310 e. The molecule has 1 aromatic rings. The highest BCUT2D eigenvalue weighted by atomic mass is 19.3. The van der Waals surface area contributed by atoms with Crippen LogP contribution in [0.4, 0.5) is 8.78 Å². The van der Waals surface area contributed by atoms with E-state index in [1.807, 2.05) is 0 Å². The molecule has 0 aromatic carbocycles. The number of aryl methyl sites for hydroxylation is 1. The number of pyridine rings is 1. The Morgan fingerprint density at radius 1 is 1.53 bits per heavy atom. The lowest BCUT2D eigenvalue weighted by Gasteiger charge is -2.08. The molecule has 0 aliphatic carbocycles. The number of ether oxygens (including phenoxy) is 1. The lowest BCUT2D eigenvalue weighted by atomic mass is 10.1. The Morgan fingerprint density at radius 2 is 2.18 bits per heavy atom. The quantitative estimate of drug-likeness (QED) is 0.822. The maximum atomic E-state index is 12.7. The summed E-state index contributed by atoms with van der Waals surface area (Å²) in [6.45, 7) is 3.25.